The summed E-state index contributed by atoms with van der Waals surface area (Å²) in [5.74, 6) is 0.00146. The maximum atomic E-state index is 12.0. The molecule has 0 bridgehead atoms. The third kappa shape index (κ3) is 3.25. The van der Waals surface area contributed by atoms with Gasteiger partial charge >= 0.3 is 0 Å². The first-order valence-electron chi connectivity index (χ1n) is 5.75. The number of likely N-dealkylation sites (N-methyl/N-ethyl adjacent to an activating group) is 1. The van der Waals surface area contributed by atoms with Gasteiger partial charge in [-0.1, -0.05) is 0 Å². The number of aromatic nitrogens is 1. The van der Waals surface area contributed by atoms with Gasteiger partial charge in [0, 0.05) is 44.6 Å². The Morgan fingerprint density at radius 1 is 1.59 bits per heavy atom. The molecule has 1 aromatic rings. The van der Waals surface area contributed by atoms with Gasteiger partial charge in [0.25, 0.3) is 5.91 Å². The minimum atomic E-state index is 0.00146. The third-order valence-electron chi connectivity index (χ3n) is 2.76. The number of carbonyl (C=O) groups is 1. The van der Waals surface area contributed by atoms with Crippen molar-refractivity contribution < 1.29 is 9.53 Å². The summed E-state index contributed by atoms with van der Waals surface area (Å²) >= 11 is 0. The number of hydrogen-bond acceptors (Lipinski definition) is 4. The van der Waals surface area contributed by atoms with E-state index < -0.39 is 0 Å². The Bertz CT molecular complexity index is 363. The highest BCUT2D eigenvalue weighted by atomic mass is 16.5. The first-order chi connectivity index (χ1) is 8.27. The van der Waals surface area contributed by atoms with Crippen molar-refractivity contribution in [3.8, 4) is 0 Å². The molecular weight excluding hydrogens is 218 g/mol. The van der Waals surface area contributed by atoms with Gasteiger partial charge in [-0.15, -0.1) is 0 Å². The Labute approximate surface area is 101 Å². The smallest absolute Gasteiger partial charge is 0.253 e. The van der Waals surface area contributed by atoms with Gasteiger partial charge in [-0.25, -0.2) is 0 Å². The van der Waals surface area contributed by atoms with E-state index in [1.807, 2.05) is 0 Å². The second kappa shape index (κ2) is 5.75. The number of rotatable bonds is 3. The Morgan fingerprint density at radius 3 is 3.00 bits per heavy atom. The van der Waals surface area contributed by atoms with Gasteiger partial charge in [0.1, 0.15) is 0 Å². The lowest BCUT2D eigenvalue weighted by atomic mass is 10.2. The molecule has 1 aromatic heterocycles. The number of nitrogens with zero attached hydrogens (tertiary/aromatic N) is 2. The van der Waals surface area contributed by atoms with Gasteiger partial charge in [0.15, 0.2) is 0 Å². The van der Waals surface area contributed by atoms with Crippen molar-refractivity contribution >= 4 is 5.91 Å². The van der Waals surface area contributed by atoms with E-state index in [2.05, 4.69) is 10.3 Å². The molecule has 2 heterocycles. The summed E-state index contributed by atoms with van der Waals surface area (Å²) in [5, 5.41) is 3.25. The number of hydrogen-bond donors (Lipinski definition) is 1. The fourth-order valence-electron chi connectivity index (χ4n) is 1.84. The molecule has 0 radical (unpaired) electrons. The molecule has 1 fully saturated rings. The second-order valence-electron chi connectivity index (χ2n) is 4.12. The maximum absolute atomic E-state index is 12.0. The molecular formula is C12H17N3O2. The van der Waals surface area contributed by atoms with Crippen LogP contribution in [0, 0.1) is 0 Å². The van der Waals surface area contributed by atoms with E-state index in [4.69, 9.17) is 4.74 Å². The fraction of sp³-hybridized carbons (Fsp3) is 0.500. The second-order valence-corrected chi connectivity index (χ2v) is 4.12. The van der Waals surface area contributed by atoms with Crippen molar-refractivity contribution in [3.63, 3.8) is 0 Å². The summed E-state index contributed by atoms with van der Waals surface area (Å²) in [4.78, 5) is 17.6. The molecule has 1 unspecified atom stereocenters. The predicted molar refractivity (Wildman–Crippen MR) is 63.8 cm³/mol. The predicted octanol–water partition coefficient (Wildman–Crippen LogP) is 0.142. The molecule has 92 valence electrons. The number of ether oxygens (including phenoxy) is 1. The van der Waals surface area contributed by atoms with E-state index in [0.717, 1.165) is 13.1 Å². The van der Waals surface area contributed by atoms with E-state index in [1.165, 1.54) is 0 Å². The monoisotopic (exact) mass is 235 g/mol. The van der Waals surface area contributed by atoms with E-state index in [-0.39, 0.29) is 12.0 Å². The molecule has 0 aromatic carbocycles. The van der Waals surface area contributed by atoms with Crippen LogP contribution in [0.25, 0.3) is 0 Å². The molecule has 1 aliphatic rings. The summed E-state index contributed by atoms with van der Waals surface area (Å²) in [6.45, 7) is 3.00. The van der Waals surface area contributed by atoms with Gasteiger partial charge in [-0.3, -0.25) is 9.78 Å². The van der Waals surface area contributed by atoms with Crippen LogP contribution >= 0.6 is 0 Å². The molecule has 0 spiro atoms. The Balaban J connectivity index is 1.91. The number of morpholine rings is 1. The maximum Gasteiger partial charge on any atom is 0.253 e. The van der Waals surface area contributed by atoms with E-state index in [1.54, 1.807) is 36.5 Å². The minimum Gasteiger partial charge on any atom is -0.374 e. The van der Waals surface area contributed by atoms with Gasteiger partial charge in [0.2, 0.25) is 0 Å². The average molecular weight is 235 g/mol. The highest BCUT2D eigenvalue weighted by molar-refractivity contribution is 5.93. The SMILES string of the molecule is CN(CC1CNCCO1)C(=O)c1ccncc1. The molecule has 1 amide bonds. The van der Waals surface area contributed by atoms with E-state index in [9.17, 15) is 4.79 Å². The highest BCUT2D eigenvalue weighted by Crippen LogP contribution is 2.04. The normalized spacial score (nSPS) is 19.9. The standard InChI is InChI=1S/C12H17N3O2/c1-15(9-11-8-14-6-7-17-11)12(16)10-2-4-13-5-3-10/h2-5,11,14H,6-9H2,1H3. The Hall–Kier alpha value is -1.46. The lowest BCUT2D eigenvalue weighted by Gasteiger charge is -2.28. The van der Waals surface area contributed by atoms with Crippen LogP contribution in [0.3, 0.4) is 0 Å². The molecule has 1 aliphatic heterocycles. The minimum absolute atomic E-state index is 0.00146. The fourth-order valence-corrected chi connectivity index (χ4v) is 1.84. The van der Waals surface area contributed by atoms with Gasteiger partial charge < -0.3 is 15.0 Å². The number of nitrogens with one attached hydrogen (secondary N) is 1. The lowest BCUT2D eigenvalue weighted by molar-refractivity contribution is 0.0104. The Morgan fingerprint density at radius 2 is 2.35 bits per heavy atom. The van der Waals surface area contributed by atoms with E-state index in [0.29, 0.717) is 18.7 Å². The highest BCUT2D eigenvalue weighted by Gasteiger charge is 2.19. The molecule has 0 saturated carbocycles. The van der Waals surface area contributed by atoms with Crippen LogP contribution in [0.4, 0.5) is 0 Å². The summed E-state index contributed by atoms with van der Waals surface area (Å²) in [6.07, 6.45) is 3.33. The largest absolute Gasteiger partial charge is 0.374 e. The Kier molecular flexibility index (Phi) is 4.06. The van der Waals surface area contributed by atoms with Crippen molar-refractivity contribution in [3.05, 3.63) is 30.1 Å². The molecule has 17 heavy (non-hydrogen) atoms. The molecule has 1 N–H and O–H groups in total. The van der Waals surface area contributed by atoms with Crippen molar-refractivity contribution in [1.29, 1.82) is 0 Å². The third-order valence-corrected chi connectivity index (χ3v) is 2.76. The quantitative estimate of drug-likeness (QED) is 0.810. The zero-order valence-corrected chi connectivity index (χ0v) is 9.93. The number of carbonyl (C=O) groups excluding carboxylic acids is 1. The van der Waals surface area contributed by atoms with Gasteiger partial charge in [-0.2, -0.15) is 0 Å². The zero-order valence-electron chi connectivity index (χ0n) is 9.93. The summed E-state index contributed by atoms with van der Waals surface area (Å²) < 4.78 is 5.57. The van der Waals surface area contributed by atoms with Crippen LogP contribution in [-0.4, -0.2) is 55.2 Å². The molecule has 0 aliphatic carbocycles. The molecule has 1 atom stereocenters. The molecule has 1 saturated heterocycles. The zero-order chi connectivity index (χ0) is 12.1. The first kappa shape index (κ1) is 12.0. The van der Waals surface area contributed by atoms with E-state index >= 15 is 0 Å². The van der Waals surface area contributed by atoms with Gasteiger partial charge in [0.05, 0.1) is 12.7 Å². The van der Waals surface area contributed by atoms with Crippen LogP contribution in [0.5, 0.6) is 0 Å². The number of pyridine rings is 1. The summed E-state index contributed by atoms with van der Waals surface area (Å²) in [7, 11) is 1.79. The topological polar surface area (TPSA) is 54.5 Å². The molecule has 5 nitrogen and oxygen atoms in total. The average Bonchev–Trinajstić information content (AvgIpc) is 2.40. The van der Waals surface area contributed by atoms with Crippen LogP contribution in [-0.2, 0) is 4.74 Å². The summed E-state index contributed by atoms with van der Waals surface area (Å²) in [5.41, 5.74) is 0.659. The number of amides is 1. The van der Waals surface area contributed by atoms with Crippen LogP contribution < -0.4 is 5.32 Å². The molecule has 5 heteroatoms. The van der Waals surface area contributed by atoms with Crippen LogP contribution in [0.2, 0.25) is 0 Å². The van der Waals surface area contributed by atoms with Crippen LogP contribution in [0.15, 0.2) is 24.5 Å². The van der Waals surface area contributed by atoms with Crippen LogP contribution in [0.1, 0.15) is 10.4 Å². The van der Waals surface area contributed by atoms with Crippen molar-refractivity contribution in [2.45, 2.75) is 6.10 Å². The van der Waals surface area contributed by atoms with Crippen molar-refractivity contribution in [2.24, 2.45) is 0 Å². The van der Waals surface area contributed by atoms with Gasteiger partial charge in [-0.05, 0) is 12.1 Å². The summed E-state index contributed by atoms with van der Waals surface area (Å²) in [6, 6.07) is 3.44. The van der Waals surface area contributed by atoms with Crippen molar-refractivity contribution in [2.75, 3.05) is 33.3 Å². The first-order valence-corrected chi connectivity index (χ1v) is 5.75. The molecule has 2 rings (SSSR count). The van der Waals surface area contributed by atoms with Crippen molar-refractivity contribution in [1.82, 2.24) is 15.2 Å². The lowest BCUT2D eigenvalue weighted by Crippen LogP contribution is -2.45.